The van der Waals surface area contributed by atoms with Gasteiger partial charge in [-0.3, -0.25) is 0 Å². The second-order valence-electron chi connectivity index (χ2n) is 5.08. The number of para-hydroxylation sites is 1. The van der Waals surface area contributed by atoms with Gasteiger partial charge in [-0.25, -0.2) is 4.98 Å². The van der Waals surface area contributed by atoms with E-state index in [0.717, 1.165) is 24.4 Å². The molecule has 3 nitrogen and oxygen atoms in total. The molecule has 1 unspecified atom stereocenters. The summed E-state index contributed by atoms with van der Waals surface area (Å²) in [6.45, 7) is 4.32. The Morgan fingerprint density at radius 1 is 1.33 bits per heavy atom. The predicted octanol–water partition coefficient (Wildman–Crippen LogP) is 2.34. The Hall–Kier alpha value is -1.61. The third-order valence-electron chi connectivity index (χ3n) is 3.80. The summed E-state index contributed by atoms with van der Waals surface area (Å²) >= 11 is 0. The van der Waals surface area contributed by atoms with E-state index in [0.29, 0.717) is 6.04 Å². The van der Waals surface area contributed by atoms with Gasteiger partial charge in [-0.1, -0.05) is 18.2 Å². The molecule has 1 N–H and O–H groups in total. The first-order valence-electron chi connectivity index (χ1n) is 6.55. The third kappa shape index (κ3) is 1.95. The Morgan fingerprint density at radius 2 is 2.17 bits per heavy atom. The number of nitrogens with one attached hydrogen (secondary N) is 1. The largest absolute Gasteiger partial charge is 0.355 e. The standard InChI is InChI=1S/C15H19N3/c1-11-9-12-5-3-4-6-14(12)17-15(11)18(2)13-7-8-16-10-13/h3-6,9,13,16H,7-8,10H2,1-2H3. The van der Waals surface area contributed by atoms with Crippen LogP contribution in [0, 0.1) is 6.92 Å². The number of hydrogen-bond donors (Lipinski definition) is 1. The minimum absolute atomic E-state index is 0.567. The summed E-state index contributed by atoms with van der Waals surface area (Å²) in [6, 6.07) is 11.1. The molecule has 1 aliphatic rings. The lowest BCUT2D eigenvalue weighted by molar-refractivity contribution is 0.677. The maximum absolute atomic E-state index is 4.82. The van der Waals surface area contributed by atoms with Gasteiger partial charge in [-0.15, -0.1) is 0 Å². The summed E-state index contributed by atoms with van der Waals surface area (Å²) in [7, 11) is 2.15. The number of pyridine rings is 1. The zero-order valence-corrected chi connectivity index (χ0v) is 11.0. The Morgan fingerprint density at radius 3 is 2.94 bits per heavy atom. The lowest BCUT2D eigenvalue weighted by atomic mass is 10.1. The van der Waals surface area contributed by atoms with Crippen molar-refractivity contribution < 1.29 is 0 Å². The van der Waals surface area contributed by atoms with Crippen LogP contribution in [0.1, 0.15) is 12.0 Å². The average molecular weight is 241 g/mol. The summed E-state index contributed by atoms with van der Waals surface area (Å²) in [4.78, 5) is 7.14. The van der Waals surface area contributed by atoms with Gasteiger partial charge in [0, 0.05) is 25.0 Å². The van der Waals surface area contributed by atoms with Gasteiger partial charge in [0.05, 0.1) is 5.52 Å². The molecule has 3 heteroatoms. The molecule has 0 saturated carbocycles. The van der Waals surface area contributed by atoms with E-state index in [9.17, 15) is 0 Å². The molecule has 1 saturated heterocycles. The highest BCUT2D eigenvalue weighted by Gasteiger charge is 2.21. The molecular weight excluding hydrogens is 222 g/mol. The Labute approximate surface area is 108 Å². The van der Waals surface area contributed by atoms with E-state index >= 15 is 0 Å². The number of benzene rings is 1. The van der Waals surface area contributed by atoms with Crippen LogP contribution in [0.5, 0.6) is 0 Å². The lowest BCUT2D eigenvalue weighted by Gasteiger charge is -2.26. The van der Waals surface area contributed by atoms with Gasteiger partial charge in [-0.2, -0.15) is 0 Å². The summed E-state index contributed by atoms with van der Waals surface area (Å²) in [6.07, 6.45) is 1.20. The first-order valence-corrected chi connectivity index (χ1v) is 6.55. The van der Waals surface area contributed by atoms with Crippen LogP contribution in [0.4, 0.5) is 5.82 Å². The molecule has 1 aromatic carbocycles. The first-order chi connectivity index (χ1) is 8.75. The molecule has 0 amide bonds. The summed E-state index contributed by atoms with van der Waals surface area (Å²) < 4.78 is 0. The smallest absolute Gasteiger partial charge is 0.132 e. The fourth-order valence-electron chi connectivity index (χ4n) is 2.71. The zero-order chi connectivity index (χ0) is 12.5. The Bertz CT molecular complexity index is 559. The average Bonchev–Trinajstić information content (AvgIpc) is 2.91. The fourth-order valence-corrected chi connectivity index (χ4v) is 2.71. The van der Waals surface area contributed by atoms with Crippen molar-refractivity contribution in [1.82, 2.24) is 10.3 Å². The SMILES string of the molecule is Cc1cc2ccccc2nc1N(C)C1CCNC1. The van der Waals surface area contributed by atoms with Crippen LogP contribution in [-0.2, 0) is 0 Å². The minimum Gasteiger partial charge on any atom is -0.355 e. The van der Waals surface area contributed by atoms with E-state index in [2.05, 4.69) is 48.5 Å². The Balaban J connectivity index is 2.02. The van der Waals surface area contributed by atoms with Crippen molar-refractivity contribution in [1.29, 1.82) is 0 Å². The molecule has 3 rings (SSSR count). The number of anilines is 1. The van der Waals surface area contributed by atoms with Crippen molar-refractivity contribution in [3.63, 3.8) is 0 Å². The second-order valence-corrected chi connectivity index (χ2v) is 5.08. The molecule has 2 heterocycles. The number of likely N-dealkylation sites (N-methyl/N-ethyl adjacent to an activating group) is 1. The maximum atomic E-state index is 4.82. The van der Waals surface area contributed by atoms with Gasteiger partial charge >= 0.3 is 0 Å². The molecule has 94 valence electrons. The van der Waals surface area contributed by atoms with Gasteiger partial charge in [0.15, 0.2) is 0 Å². The quantitative estimate of drug-likeness (QED) is 0.874. The topological polar surface area (TPSA) is 28.2 Å². The Kier molecular flexibility index (Phi) is 2.92. The number of aryl methyl sites for hydroxylation is 1. The van der Waals surface area contributed by atoms with Gasteiger partial charge in [0.25, 0.3) is 0 Å². The van der Waals surface area contributed by atoms with Crippen LogP contribution in [0.2, 0.25) is 0 Å². The monoisotopic (exact) mass is 241 g/mol. The lowest BCUT2D eigenvalue weighted by Crippen LogP contribution is -2.34. The molecule has 2 aromatic rings. The number of fused-ring (bicyclic) bond motifs is 1. The van der Waals surface area contributed by atoms with E-state index in [1.165, 1.54) is 17.4 Å². The first kappa shape index (κ1) is 11.5. The van der Waals surface area contributed by atoms with E-state index < -0.39 is 0 Å². The van der Waals surface area contributed by atoms with Gasteiger partial charge in [0.1, 0.15) is 5.82 Å². The molecule has 1 aliphatic heterocycles. The summed E-state index contributed by atoms with van der Waals surface area (Å²) in [5, 5.41) is 4.63. The number of aromatic nitrogens is 1. The van der Waals surface area contributed by atoms with Gasteiger partial charge in [-0.05, 0) is 37.6 Å². The molecule has 1 aromatic heterocycles. The summed E-state index contributed by atoms with van der Waals surface area (Å²) in [5.74, 6) is 1.11. The molecule has 18 heavy (non-hydrogen) atoms. The van der Waals surface area contributed by atoms with E-state index in [4.69, 9.17) is 4.98 Å². The molecular formula is C15H19N3. The van der Waals surface area contributed by atoms with Crippen LogP contribution >= 0.6 is 0 Å². The van der Waals surface area contributed by atoms with Crippen molar-refractivity contribution >= 4 is 16.7 Å². The molecule has 0 aliphatic carbocycles. The van der Waals surface area contributed by atoms with E-state index in [-0.39, 0.29) is 0 Å². The highest BCUT2D eigenvalue weighted by atomic mass is 15.2. The van der Waals surface area contributed by atoms with Crippen molar-refractivity contribution in [3.05, 3.63) is 35.9 Å². The van der Waals surface area contributed by atoms with E-state index in [1.807, 2.05) is 6.07 Å². The number of nitrogens with zero attached hydrogens (tertiary/aromatic N) is 2. The molecule has 1 fully saturated rings. The molecule has 0 radical (unpaired) electrons. The van der Waals surface area contributed by atoms with Crippen molar-refractivity contribution in [2.45, 2.75) is 19.4 Å². The van der Waals surface area contributed by atoms with Crippen molar-refractivity contribution in [2.24, 2.45) is 0 Å². The number of rotatable bonds is 2. The van der Waals surface area contributed by atoms with E-state index in [1.54, 1.807) is 0 Å². The highest BCUT2D eigenvalue weighted by molar-refractivity contribution is 5.81. The van der Waals surface area contributed by atoms with Gasteiger partial charge in [0.2, 0.25) is 0 Å². The number of hydrogen-bond acceptors (Lipinski definition) is 3. The van der Waals surface area contributed by atoms with Crippen LogP contribution in [0.25, 0.3) is 10.9 Å². The van der Waals surface area contributed by atoms with Crippen LogP contribution in [0.3, 0.4) is 0 Å². The maximum Gasteiger partial charge on any atom is 0.132 e. The van der Waals surface area contributed by atoms with Crippen LogP contribution in [0.15, 0.2) is 30.3 Å². The summed E-state index contributed by atoms with van der Waals surface area (Å²) in [5.41, 5.74) is 2.33. The molecule has 0 spiro atoms. The van der Waals surface area contributed by atoms with Crippen molar-refractivity contribution in [3.8, 4) is 0 Å². The van der Waals surface area contributed by atoms with Gasteiger partial charge < -0.3 is 10.2 Å². The second kappa shape index (κ2) is 4.58. The normalized spacial score (nSPS) is 19.3. The fraction of sp³-hybridized carbons (Fsp3) is 0.400. The molecule has 1 atom stereocenters. The highest BCUT2D eigenvalue weighted by Crippen LogP contribution is 2.24. The molecule has 0 bridgehead atoms. The third-order valence-corrected chi connectivity index (χ3v) is 3.80. The zero-order valence-electron chi connectivity index (χ0n) is 11.0. The van der Waals surface area contributed by atoms with Crippen LogP contribution < -0.4 is 10.2 Å². The minimum atomic E-state index is 0.567. The van der Waals surface area contributed by atoms with Crippen molar-refractivity contribution in [2.75, 3.05) is 25.0 Å². The van der Waals surface area contributed by atoms with Crippen LogP contribution in [-0.4, -0.2) is 31.2 Å². The predicted molar refractivity (Wildman–Crippen MR) is 76.2 cm³/mol.